The van der Waals surface area contributed by atoms with E-state index in [-0.39, 0.29) is 5.91 Å². The molecule has 0 aliphatic heterocycles. The van der Waals surface area contributed by atoms with Gasteiger partial charge in [-0.25, -0.2) is 0 Å². The van der Waals surface area contributed by atoms with Crippen LogP contribution in [-0.2, 0) is 22.6 Å². The number of carbonyl (C=O) groups excluding carboxylic acids is 1. The second-order valence-electron chi connectivity index (χ2n) is 9.47. The Morgan fingerprint density at radius 3 is 2.62 bits per heavy atom. The number of para-hydroxylation sites is 1. The minimum Gasteiger partial charge on any atom is -0.383 e. The molecule has 0 fully saturated rings. The van der Waals surface area contributed by atoms with Crippen molar-refractivity contribution < 1.29 is 9.53 Å². The Hall–Kier alpha value is -4.09. The molecule has 3 aromatic carbocycles. The molecule has 3 N–H and O–H groups in total. The number of benzene rings is 3. The third-order valence-corrected chi connectivity index (χ3v) is 7.69. The summed E-state index contributed by atoms with van der Waals surface area (Å²) in [5.41, 5.74) is 6.83. The van der Waals surface area contributed by atoms with Crippen LogP contribution in [0.1, 0.15) is 18.1 Å². The lowest BCUT2D eigenvalue weighted by molar-refractivity contribution is -0.115. The number of nitrogens with zero attached hydrogens (tertiary/aromatic N) is 1. The zero-order chi connectivity index (χ0) is 27.7. The van der Waals surface area contributed by atoms with Gasteiger partial charge in [-0.2, -0.15) is 0 Å². The van der Waals surface area contributed by atoms with Crippen molar-refractivity contribution in [2.75, 3.05) is 38.7 Å². The smallest absolute Gasteiger partial charge is 0.296 e. The predicted molar refractivity (Wildman–Crippen MR) is 167 cm³/mol. The van der Waals surface area contributed by atoms with Crippen molar-refractivity contribution in [2.45, 2.75) is 20.0 Å². The van der Waals surface area contributed by atoms with Crippen LogP contribution in [0.4, 0.5) is 5.69 Å². The van der Waals surface area contributed by atoms with E-state index in [9.17, 15) is 4.79 Å². The van der Waals surface area contributed by atoms with Gasteiger partial charge in [-0.05, 0) is 61.5 Å². The molecule has 2 aromatic heterocycles. The maximum atomic E-state index is 12.2. The fourth-order valence-corrected chi connectivity index (χ4v) is 5.68. The Balaban J connectivity index is 1.17. The molecule has 0 aliphatic carbocycles. The molecule has 204 valence electrons. The van der Waals surface area contributed by atoms with E-state index in [1.807, 2.05) is 42.8 Å². The highest BCUT2D eigenvalue weighted by Gasteiger charge is 2.12. The van der Waals surface area contributed by atoms with E-state index < -0.39 is 0 Å². The molecule has 5 aromatic rings. The highest BCUT2D eigenvalue weighted by Crippen LogP contribution is 2.35. The first-order chi connectivity index (χ1) is 19.7. The highest BCUT2D eigenvalue weighted by molar-refractivity contribution is 7.13. The van der Waals surface area contributed by atoms with Gasteiger partial charge in [-0.15, -0.1) is 11.3 Å². The summed E-state index contributed by atoms with van der Waals surface area (Å²) < 4.78 is 7.95. The number of amides is 1. The minimum absolute atomic E-state index is 0.301. The number of anilines is 1. The first kappa shape index (κ1) is 27.5. The van der Waals surface area contributed by atoms with Crippen LogP contribution >= 0.6 is 11.3 Å². The molecule has 0 bridgehead atoms. The van der Waals surface area contributed by atoms with E-state index in [1.165, 1.54) is 27.4 Å². The van der Waals surface area contributed by atoms with Crippen molar-refractivity contribution in [1.82, 2.24) is 15.2 Å². The molecule has 0 saturated carbocycles. The number of thiophene rings is 1. The molecular weight excluding hydrogens is 516 g/mol. The summed E-state index contributed by atoms with van der Waals surface area (Å²) in [5, 5.41) is 13.9. The van der Waals surface area contributed by atoms with Gasteiger partial charge in [0.2, 0.25) is 0 Å². The van der Waals surface area contributed by atoms with Crippen LogP contribution in [0.5, 0.6) is 0 Å². The van der Waals surface area contributed by atoms with Crippen molar-refractivity contribution in [3.63, 3.8) is 0 Å². The van der Waals surface area contributed by atoms with E-state index in [0.29, 0.717) is 26.3 Å². The lowest BCUT2D eigenvalue weighted by atomic mass is 10.1. The molecule has 40 heavy (non-hydrogen) atoms. The first-order valence-corrected chi connectivity index (χ1v) is 14.5. The maximum Gasteiger partial charge on any atom is 0.296 e. The van der Waals surface area contributed by atoms with Gasteiger partial charge in [-0.3, -0.25) is 4.79 Å². The van der Waals surface area contributed by atoms with Crippen LogP contribution in [0.25, 0.3) is 32.2 Å². The lowest BCUT2D eigenvalue weighted by Gasteiger charge is -2.07. The quantitative estimate of drug-likeness (QED) is 0.142. The molecule has 6 nitrogen and oxygen atoms in total. The molecule has 0 radical (unpaired) electrons. The largest absolute Gasteiger partial charge is 0.383 e. The van der Waals surface area contributed by atoms with Gasteiger partial charge >= 0.3 is 0 Å². The monoisotopic (exact) mass is 550 g/mol. The third kappa shape index (κ3) is 6.54. The Morgan fingerprint density at radius 1 is 0.950 bits per heavy atom. The summed E-state index contributed by atoms with van der Waals surface area (Å²) in [6, 6.07) is 25.4. The van der Waals surface area contributed by atoms with Gasteiger partial charge in [-0.1, -0.05) is 42.3 Å². The van der Waals surface area contributed by atoms with Crippen molar-refractivity contribution >= 4 is 44.7 Å². The molecule has 0 unspecified atom stereocenters. The lowest BCUT2D eigenvalue weighted by Crippen LogP contribution is -2.26. The van der Waals surface area contributed by atoms with Crippen LogP contribution in [-0.4, -0.2) is 43.8 Å². The molecule has 0 atom stereocenters. The number of fused-ring (bicyclic) bond motifs is 3. The van der Waals surface area contributed by atoms with Crippen LogP contribution in [0.2, 0.25) is 0 Å². The molecule has 0 spiro atoms. The second kappa shape index (κ2) is 13.3. The number of nitrogens with one attached hydrogen (secondary N) is 3. The van der Waals surface area contributed by atoms with Gasteiger partial charge in [0.25, 0.3) is 5.91 Å². The Kier molecular flexibility index (Phi) is 9.15. The number of ether oxygens (including phenoxy) is 1. The van der Waals surface area contributed by atoms with E-state index in [0.717, 1.165) is 34.8 Å². The summed E-state index contributed by atoms with van der Waals surface area (Å²) in [4.78, 5) is 13.3. The molecule has 7 heteroatoms. The third-order valence-electron chi connectivity index (χ3n) is 6.71. The number of hydrogen-bond donors (Lipinski definition) is 3. The SMILES string of the molecule is CCn1c2ccc(CNC)cc2c2ccc(-c3cc(C#CC(=O)NCCOCCNc4ccccc4)cs3)cc21. The van der Waals surface area contributed by atoms with Crippen LogP contribution < -0.4 is 16.0 Å². The van der Waals surface area contributed by atoms with E-state index in [1.54, 1.807) is 11.3 Å². The van der Waals surface area contributed by atoms with Crippen LogP contribution in [0, 0.1) is 11.8 Å². The Morgan fingerprint density at radius 2 is 1.80 bits per heavy atom. The van der Waals surface area contributed by atoms with Gasteiger partial charge < -0.3 is 25.3 Å². The molecule has 0 saturated heterocycles. The number of aromatic nitrogens is 1. The van der Waals surface area contributed by atoms with E-state index >= 15 is 0 Å². The van der Waals surface area contributed by atoms with Crippen molar-refractivity contribution in [2.24, 2.45) is 0 Å². The average Bonchev–Trinajstić information content (AvgIpc) is 3.58. The topological polar surface area (TPSA) is 67.3 Å². The van der Waals surface area contributed by atoms with E-state index in [2.05, 4.69) is 81.7 Å². The standard InChI is InChI=1S/C33H34N4O2S/c1-3-37-30-13-9-24(22-34-2)19-29(30)28-12-11-26(21-31(28)37)32-20-25(23-40-32)10-14-33(38)36-16-18-39-17-15-35-27-7-5-4-6-8-27/h4-9,11-13,19-21,23,34-35H,3,15-18,22H2,1-2H3,(H,36,38). The van der Waals surface area contributed by atoms with Gasteiger partial charge in [0.1, 0.15) is 0 Å². The summed E-state index contributed by atoms with van der Waals surface area (Å²) in [6.45, 7) is 6.09. The average molecular weight is 551 g/mol. The molecule has 1 amide bonds. The van der Waals surface area contributed by atoms with Gasteiger partial charge in [0.05, 0.1) is 13.2 Å². The normalized spacial score (nSPS) is 10.9. The summed E-state index contributed by atoms with van der Waals surface area (Å²) in [7, 11) is 1.97. The summed E-state index contributed by atoms with van der Waals surface area (Å²) >= 11 is 1.64. The first-order valence-electron chi connectivity index (χ1n) is 13.6. The van der Waals surface area contributed by atoms with E-state index in [4.69, 9.17) is 4.74 Å². The highest BCUT2D eigenvalue weighted by atomic mass is 32.1. The minimum atomic E-state index is -0.301. The van der Waals surface area contributed by atoms with Crippen molar-refractivity contribution in [3.8, 4) is 22.3 Å². The Labute approximate surface area is 239 Å². The molecular formula is C33H34N4O2S. The number of aryl methyl sites for hydroxylation is 1. The fourth-order valence-electron chi connectivity index (χ4n) is 4.84. The zero-order valence-electron chi connectivity index (χ0n) is 22.9. The molecule has 5 rings (SSSR count). The zero-order valence-corrected chi connectivity index (χ0v) is 23.7. The van der Waals surface area contributed by atoms with Crippen molar-refractivity contribution in [3.05, 3.63) is 89.3 Å². The van der Waals surface area contributed by atoms with Gasteiger partial charge in [0, 0.05) is 75.4 Å². The molecule has 0 aliphatic rings. The number of hydrogen-bond acceptors (Lipinski definition) is 5. The number of carbonyl (C=O) groups is 1. The Bertz CT molecular complexity index is 1660. The number of rotatable bonds is 11. The summed E-state index contributed by atoms with van der Waals surface area (Å²) in [5.74, 6) is 5.40. The molecule has 2 heterocycles. The van der Waals surface area contributed by atoms with Crippen molar-refractivity contribution in [1.29, 1.82) is 0 Å². The summed E-state index contributed by atoms with van der Waals surface area (Å²) in [6.07, 6.45) is 0. The fraction of sp³-hybridized carbons (Fsp3) is 0.242. The van der Waals surface area contributed by atoms with Gasteiger partial charge in [0.15, 0.2) is 0 Å². The van der Waals surface area contributed by atoms with Crippen LogP contribution in [0.15, 0.2) is 78.2 Å². The second-order valence-corrected chi connectivity index (χ2v) is 10.4. The van der Waals surface area contributed by atoms with Crippen LogP contribution in [0.3, 0.4) is 0 Å². The predicted octanol–water partition coefficient (Wildman–Crippen LogP) is 5.86. The maximum absolute atomic E-state index is 12.2.